The van der Waals surface area contributed by atoms with E-state index in [4.69, 9.17) is 0 Å². The number of fused-ring (bicyclic) bond motifs is 5. The van der Waals surface area contributed by atoms with Crippen molar-refractivity contribution in [1.29, 1.82) is 0 Å². The van der Waals surface area contributed by atoms with Gasteiger partial charge in [0.15, 0.2) is 5.78 Å². The molecule has 3 saturated carbocycles. The zero-order valence-corrected chi connectivity index (χ0v) is 18.7. The van der Waals surface area contributed by atoms with Gasteiger partial charge in [-0.2, -0.15) is 0 Å². The van der Waals surface area contributed by atoms with Gasteiger partial charge in [-0.25, -0.2) is 0 Å². The number of benzene rings is 1. The van der Waals surface area contributed by atoms with Crippen LogP contribution in [0.5, 0.6) is 0 Å². The van der Waals surface area contributed by atoms with Crippen LogP contribution in [0.25, 0.3) is 0 Å². The van der Waals surface area contributed by atoms with Crippen molar-refractivity contribution in [1.82, 2.24) is 0 Å². The smallest absolute Gasteiger partial charge is 0.155 e. The molecule has 2 nitrogen and oxygen atoms in total. The average molecular weight is 411 g/mol. The summed E-state index contributed by atoms with van der Waals surface area (Å²) in [5.74, 6) is 2.80. The van der Waals surface area contributed by atoms with Crippen molar-refractivity contribution in [3.63, 3.8) is 0 Å². The Balaban J connectivity index is 1.52. The lowest BCUT2D eigenvalue weighted by Crippen LogP contribution is -2.51. The molecule has 0 spiro atoms. The first kappa shape index (κ1) is 19.7. The van der Waals surface area contributed by atoms with Gasteiger partial charge >= 0.3 is 0 Å². The summed E-state index contributed by atoms with van der Waals surface area (Å²) in [5, 5.41) is 0. The lowest BCUT2D eigenvalue weighted by Gasteiger charge is -2.58. The number of carbonyl (C=O) groups excluding carboxylic acids is 1. The summed E-state index contributed by atoms with van der Waals surface area (Å²) in [6, 6.07) is 8.45. The van der Waals surface area contributed by atoms with E-state index in [2.05, 4.69) is 19.1 Å². The Labute approximate surface area is 178 Å². The highest BCUT2D eigenvalue weighted by atomic mass is 32.2. The standard InChI is InChI=1S/C26H34O2S/c1-25-13-3-4-23(25)22-10-7-19-16-20(27)11-15-26(19,24(22)12-14-25)17-18-5-8-21(9-6-18)29(2)28/h5-6,8-9,16,22-24H,3-4,7,10-15,17H2,1-2H3/t22-,23-,24+,25-,26+,29?/m0/s1. The van der Waals surface area contributed by atoms with Crippen LogP contribution in [-0.4, -0.2) is 16.2 Å². The second-order valence-electron chi connectivity index (χ2n) is 10.6. The molecule has 0 radical (unpaired) electrons. The molecule has 0 aromatic heterocycles. The molecule has 29 heavy (non-hydrogen) atoms. The van der Waals surface area contributed by atoms with Crippen LogP contribution in [0.4, 0.5) is 0 Å². The molecule has 6 atom stereocenters. The van der Waals surface area contributed by atoms with Gasteiger partial charge in [0.25, 0.3) is 0 Å². The fraction of sp³-hybridized carbons (Fsp3) is 0.654. The maximum absolute atomic E-state index is 12.3. The number of carbonyl (C=O) groups is 1. The van der Waals surface area contributed by atoms with Crippen LogP contribution >= 0.6 is 0 Å². The Hall–Kier alpha value is -1.22. The van der Waals surface area contributed by atoms with Gasteiger partial charge < -0.3 is 0 Å². The first-order valence-electron chi connectivity index (χ1n) is 11.6. The molecule has 0 heterocycles. The highest BCUT2D eigenvalue weighted by Crippen LogP contribution is 2.66. The van der Waals surface area contributed by atoms with Crippen molar-refractivity contribution in [3.8, 4) is 0 Å². The molecule has 1 aromatic carbocycles. The SMILES string of the molecule is CS(=O)c1ccc(C[C@]23CCC(=O)C=C2CC[C@@H]2[C@H]3CC[C@]3(C)CCC[C@@H]23)cc1. The molecule has 1 aromatic rings. The van der Waals surface area contributed by atoms with Gasteiger partial charge in [0.05, 0.1) is 0 Å². The monoisotopic (exact) mass is 410 g/mol. The van der Waals surface area contributed by atoms with E-state index >= 15 is 0 Å². The zero-order chi connectivity index (χ0) is 20.2. The van der Waals surface area contributed by atoms with Crippen molar-refractivity contribution in [2.45, 2.75) is 76.0 Å². The van der Waals surface area contributed by atoms with Gasteiger partial charge in [0.2, 0.25) is 0 Å². The fourth-order valence-corrected chi connectivity index (χ4v) is 8.37. The summed E-state index contributed by atoms with van der Waals surface area (Å²) in [4.78, 5) is 13.2. The summed E-state index contributed by atoms with van der Waals surface area (Å²) in [5.41, 5.74) is 3.55. The molecule has 0 amide bonds. The van der Waals surface area contributed by atoms with E-state index in [9.17, 15) is 9.00 Å². The van der Waals surface area contributed by atoms with Crippen LogP contribution < -0.4 is 0 Å². The van der Waals surface area contributed by atoms with Crippen molar-refractivity contribution in [2.24, 2.45) is 28.6 Å². The van der Waals surface area contributed by atoms with E-state index in [1.165, 1.54) is 49.7 Å². The van der Waals surface area contributed by atoms with Crippen molar-refractivity contribution in [3.05, 3.63) is 41.5 Å². The zero-order valence-electron chi connectivity index (χ0n) is 17.9. The van der Waals surface area contributed by atoms with Crippen LogP contribution in [0, 0.1) is 28.6 Å². The summed E-state index contributed by atoms with van der Waals surface area (Å²) in [6.07, 6.45) is 15.9. The highest BCUT2D eigenvalue weighted by molar-refractivity contribution is 7.84. The van der Waals surface area contributed by atoms with Gasteiger partial charge in [-0.15, -0.1) is 0 Å². The number of ketones is 1. The molecule has 0 saturated heterocycles. The second-order valence-corrected chi connectivity index (χ2v) is 11.9. The summed E-state index contributed by atoms with van der Waals surface area (Å²) < 4.78 is 11.8. The fourth-order valence-electron chi connectivity index (χ4n) is 7.85. The second kappa shape index (κ2) is 7.18. The molecular formula is C26H34O2S. The molecule has 4 aliphatic carbocycles. The molecule has 4 aliphatic rings. The minimum Gasteiger partial charge on any atom is -0.295 e. The molecule has 1 unspecified atom stereocenters. The van der Waals surface area contributed by atoms with Crippen LogP contribution in [-0.2, 0) is 22.0 Å². The Morgan fingerprint density at radius 3 is 2.55 bits per heavy atom. The number of hydrogen-bond acceptors (Lipinski definition) is 2. The third kappa shape index (κ3) is 3.19. The van der Waals surface area contributed by atoms with E-state index in [1.54, 1.807) is 6.26 Å². The highest BCUT2D eigenvalue weighted by Gasteiger charge is 2.57. The molecule has 5 rings (SSSR count). The molecule has 0 bridgehead atoms. The van der Waals surface area contributed by atoms with Gasteiger partial charge in [0, 0.05) is 28.4 Å². The number of rotatable bonds is 3. The molecule has 156 valence electrons. The third-order valence-electron chi connectivity index (χ3n) is 9.24. The maximum Gasteiger partial charge on any atom is 0.155 e. The van der Waals surface area contributed by atoms with Crippen LogP contribution in [0.2, 0.25) is 0 Å². The molecule has 0 N–H and O–H groups in total. The predicted octanol–water partition coefficient (Wildman–Crippen LogP) is 5.87. The van der Waals surface area contributed by atoms with E-state index in [0.29, 0.717) is 17.6 Å². The summed E-state index contributed by atoms with van der Waals surface area (Å²) in [7, 11) is -0.929. The Morgan fingerprint density at radius 1 is 1.00 bits per heavy atom. The van der Waals surface area contributed by atoms with Crippen molar-refractivity contribution >= 4 is 16.6 Å². The van der Waals surface area contributed by atoms with E-state index < -0.39 is 10.8 Å². The van der Waals surface area contributed by atoms with E-state index in [-0.39, 0.29) is 5.41 Å². The first-order chi connectivity index (χ1) is 13.9. The van der Waals surface area contributed by atoms with Gasteiger partial charge in [-0.3, -0.25) is 9.00 Å². The topological polar surface area (TPSA) is 34.1 Å². The lowest BCUT2D eigenvalue weighted by molar-refractivity contribution is -0.117. The van der Waals surface area contributed by atoms with Crippen molar-refractivity contribution < 1.29 is 9.00 Å². The quantitative estimate of drug-likeness (QED) is 0.624. The number of allylic oxidation sites excluding steroid dienone is 1. The van der Waals surface area contributed by atoms with Gasteiger partial charge in [0.1, 0.15) is 0 Å². The normalized spacial score (nSPS) is 39.9. The molecule has 3 heteroatoms. The van der Waals surface area contributed by atoms with Crippen molar-refractivity contribution in [2.75, 3.05) is 6.26 Å². The van der Waals surface area contributed by atoms with E-state index in [1.807, 2.05) is 18.2 Å². The van der Waals surface area contributed by atoms with Gasteiger partial charge in [-0.05, 0) is 104 Å². The Kier molecular flexibility index (Phi) is 4.89. The maximum atomic E-state index is 12.3. The predicted molar refractivity (Wildman–Crippen MR) is 118 cm³/mol. The largest absolute Gasteiger partial charge is 0.295 e. The first-order valence-corrected chi connectivity index (χ1v) is 13.1. The summed E-state index contributed by atoms with van der Waals surface area (Å²) in [6.45, 7) is 2.56. The average Bonchev–Trinajstić information content (AvgIpc) is 3.10. The Bertz CT molecular complexity index is 869. The lowest BCUT2D eigenvalue weighted by atomic mass is 9.46. The van der Waals surface area contributed by atoms with Crippen LogP contribution in [0.3, 0.4) is 0 Å². The Morgan fingerprint density at radius 2 is 1.79 bits per heavy atom. The number of hydrogen-bond donors (Lipinski definition) is 0. The minimum atomic E-state index is -0.929. The van der Waals surface area contributed by atoms with Gasteiger partial charge in [-0.1, -0.05) is 31.1 Å². The van der Waals surface area contributed by atoms with E-state index in [0.717, 1.165) is 41.9 Å². The molecule has 3 fully saturated rings. The van der Waals surface area contributed by atoms with Crippen LogP contribution in [0.1, 0.15) is 70.3 Å². The molecular weight excluding hydrogens is 376 g/mol. The minimum absolute atomic E-state index is 0.174. The summed E-state index contributed by atoms with van der Waals surface area (Å²) >= 11 is 0. The molecule has 0 aliphatic heterocycles. The van der Waals surface area contributed by atoms with Crippen LogP contribution in [0.15, 0.2) is 40.8 Å². The third-order valence-corrected chi connectivity index (χ3v) is 10.2.